The standard InChI is InChI=1S/C15H10Cl2O3/c16-13(19)15(14(17)20)8-6-11(7-9-15)12(18)10-4-2-1-3-5-10/h1-8H,9H2. The number of carbonyl (C=O) groups is 3. The number of benzene rings is 1. The van der Waals surface area contributed by atoms with Crippen LogP contribution in [0.3, 0.4) is 0 Å². The molecule has 3 nitrogen and oxygen atoms in total. The zero-order valence-corrected chi connectivity index (χ0v) is 11.8. The van der Waals surface area contributed by atoms with Crippen LogP contribution in [0.4, 0.5) is 0 Å². The number of carbonyl (C=O) groups excluding carboxylic acids is 3. The van der Waals surface area contributed by atoms with Crippen LogP contribution in [0.25, 0.3) is 0 Å². The number of rotatable bonds is 4. The average molecular weight is 309 g/mol. The molecule has 1 aromatic rings. The van der Waals surface area contributed by atoms with Gasteiger partial charge in [-0.2, -0.15) is 0 Å². The second-order valence-electron chi connectivity index (χ2n) is 4.41. The molecule has 0 heterocycles. The van der Waals surface area contributed by atoms with E-state index in [1.54, 1.807) is 24.3 Å². The summed E-state index contributed by atoms with van der Waals surface area (Å²) in [7, 11) is 0. The molecule has 1 aliphatic carbocycles. The lowest BCUT2D eigenvalue weighted by atomic mass is 9.81. The number of halogens is 2. The molecule has 20 heavy (non-hydrogen) atoms. The van der Waals surface area contributed by atoms with E-state index >= 15 is 0 Å². The van der Waals surface area contributed by atoms with Crippen LogP contribution in [-0.2, 0) is 9.59 Å². The summed E-state index contributed by atoms with van der Waals surface area (Å²) in [6.45, 7) is 0. The molecule has 0 N–H and O–H groups in total. The van der Waals surface area contributed by atoms with E-state index in [0.29, 0.717) is 11.1 Å². The van der Waals surface area contributed by atoms with Gasteiger partial charge in [0.25, 0.3) is 0 Å². The third kappa shape index (κ3) is 2.60. The van der Waals surface area contributed by atoms with Crippen LogP contribution in [0.1, 0.15) is 16.8 Å². The van der Waals surface area contributed by atoms with Crippen LogP contribution in [0.5, 0.6) is 0 Å². The SMILES string of the molecule is O=C(C1=CCC(C(=O)Cl)(C(=O)Cl)C=C1)c1ccccc1. The smallest absolute Gasteiger partial charge is 0.240 e. The summed E-state index contributed by atoms with van der Waals surface area (Å²) in [5.41, 5.74) is -0.628. The Balaban J connectivity index is 2.27. The summed E-state index contributed by atoms with van der Waals surface area (Å²) >= 11 is 10.9. The highest BCUT2D eigenvalue weighted by Gasteiger charge is 2.42. The van der Waals surface area contributed by atoms with Crippen LogP contribution >= 0.6 is 23.2 Å². The Kier molecular flexibility index (Phi) is 4.21. The van der Waals surface area contributed by atoms with Crippen molar-refractivity contribution in [2.24, 2.45) is 5.41 Å². The predicted octanol–water partition coefficient (Wildman–Crippen LogP) is 3.27. The van der Waals surface area contributed by atoms with Crippen molar-refractivity contribution in [3.63, 3.8) is 0 Å². The molecular weight excluding hydrogens is 299 g/mol. The number of ketones is 1. The van der Waals surface area contributed by atoms with E-state index in [-0.39, 0.29) is 12.2 Å². The predicted molar refractivity (Wildman–Crippen MR) is 76.8 cm³/mol. The van der Waals surface area contributed by atoms with Gasteiger partial charge in [-0.25, -0.2) is 0 Å². The second-order valence-corrected chi connectivity index (χ2v) is 5.10. The molecule has 5 heteroatoms. The highest BCUT2D eigenvalue weighted by molar-refractivity contribution is 6.75. The van der Waals surface area contributed by atoms with Crippen LogP contribution in [-0.4, -0.2) is 16.3 Å². The molecule has 2 rings (SSSR count). The Morgan fingerprint density at radius 1 is 1.00 bits per heavy atom. The molecule has 102 valence electrons. The molecule has 1 aliphatic rings. The van der Waals surface area contributed by atoms with Gasteiger partial charge >= 0.3 is 0 Å². The first-order valence-electron chi connectivity index (χ1n) is 5.86. The molecule has 0 fully saturated rings. The third-order valence-corrected chi connectivity index (χ3v) is 3.87. The fourth-order valence-corrected chi connectivity index (χ4v) is 2.43. The summed E-state index contributed by atoms with van der Waals surface area (Å²) in [5.74, 6) is -0.181. The zero-order valence-electron chi connectivity index (χ0n) is 10.3. The molecular formula is C15H10Cl2O3. The molecule has 0 aromatic heterocycles. The zero-order chi connectivity index (χ0) is 14.8. The van der Waals surface area contributed by atoms with Crippen LogP contribution in [0.2, 0.25) is 0 Å². The van der Waals surface area contributed by atoms with Gasteiger partial charge in [-0.15, -0.1) is 0 Å². The van der Waals surface area contributed by atoms with Crippen molar-refractivity contribution in [2.45, 2.75) is 6.42 Å². The molecule has 0 radical (unpaired) electrons. The Labute approximate surface area is 125 Å². The largest absolute Gasteiger partial charge is 0.289 e. The Morgan fingerprint density at radius 3 is 2.05 bits per heavy atom. The van der Waals surface area contributed by atoms with Crippen molar-refractivity contribution in [1.82, 2.24) is 0 Å². The molecule has 0 unspecified atom stereocenters. The Morgan fingerprint density at radius 2 is 1.60 bits per heavy atom. The summed E-state index contributed by atoms with van der Waals surface area (Å²) in [5, 5.41) is -1.70. The van der Waals surface area contributed by atoms with E-state index in [4.69, 9.17) is 23.2 Å². The lowest BCUT2D eigenvalue weighted by molar-refractivity contribution is -0.128. The van der Waals surface area contributed by atoms with E-state index in [0.717, 1.165) is 0 Å². The van der Waals surface area contributed by atoms with Gasteiger partial charge in [0.1, 0.15) is 5.41 Å². The number of allylic oxidation sites excluding steroid dienone is 4. The van der Waals surface area contributed by atoms with Crippen LogP contribution in [0.15, 0.2) is 54.1 Å². The first kappa shape index (κ1) is 14.7. The first-order valence-corrected chi connectivity index (χ1v) is 6.62. The number of hydrogen-bond acceptors (Lipinski definition) is 3. The first-order chi connectivity index (χ1) is 9.47. The van der Waals surface area contributed by atoms with Crippen molar-refractivity contribution in [3.05, 3.63) is 59.7 Å². The maximum Gasteiger partial charge on any atom is 0.240 e. The highest BCUT2D eigenvalue weighted by Crippen LogP contribution is 2.35. The van der Waals surface area contributed by atoms with Gasteiger partial charge in [-0.1, -0.05) is 48.6 Å². The van der Waals surface area contributed by atoms with Gasteiger partial charge in [-0.3, -0.25) is 14.4 Å². The van der Waals surface area contributed by atoms with Crippen LogP contribution in [0, 0.1) is 5.41 Å². The molecule has 0 bridgehead atoms. The minimum absolute atomic E-state index is 0.0118. The fraction of sp³-hybridized carbons (Fsp3) is 0.133. The second kappa shape index (κ2) is 5.73. The summed E-state index contributed by atoms with van der Waals surface area (Å²) in [4.78, 5) is 35.0. The fourth-order valence-electron chi connectivity index (χ4n) is 1.93. The van der Waals surface area contributed by atoms with E-state index in [2.05, 4.69) is 0 Å². The number of Topliss-reactive ketones (excluding diaryl/α,β-unsaturated/α-hetero) is 1. The highest BCUT2D eigenvalue weighted by atomic mass is 35.5. The third-order valence-electron chi connectivity index (χ3n) is 3.19. The molecule has 0 spiro atoms. The molecule has 0 saturated heterocycles. The lowest BCUT2D eigenvalue weighted by Gasteiger charge is -2.23. The van der Waals surface area contributed by atoms with Crippen molar-refractivity contribution in [3.8, 4) is 0 Å². The van der Waals surface area contributed by atoms with Gasteiger partial charge in [0.05, 0.1) is 0 Å². The molecule has 0 aliphatic heterocycles. The van der Waals surface area contributed by atoms with Gasteiger partial charge in [-0.05, 0) is 29.6 Å². The minimum atomic E-state index is -1.57. The van der Waals surface area contributed by atoms with E-state index in [1.165, 1.54) is 18.2 Å². The Hall–Kier alpha value is -1.71. The van der Waals surface area contributed by atoms with E-state index in [1.807, 2.05) is 6.07 Å². The van der Waals surface area contributed by atoms with Gasteiger partial charge < -0.3 is 0 Å². The van der Waals surface area contributed by atoms with Crippen molar-refractivity contribution < 1.29 is 14.4 Å². The van der Waals surface area contributed by atoms with Gasteiger partial charge in [0.2, 0.25) is 10.5 Å². The maximum atomic E-state index is 12.2. The summed E-state index contributed by atoms with van der Waals surface area (Å²) in [6.07, 6.45) is 4.21. The Bertz CT molecular complexity index is 616. The summed E-state index contributed by atoms with van der Waals surface area (Å²) in [6, 6.07) is 8.71. The maximum absolute atomic E-state index is 12.2. The average Bonchev–Trinajstić information content (AvgIpc) is 2.47. The monoisotopic (exact) mass is 308 g/mol. The van der Waals surface area contributed by atoms with Gasteiger partial charge in [0, 0.05) is 11.1 Å². The molecule has 0 amide bonds. The van der Waals surface area contributed by atoms with Crippen molar-refractivity contribution >= 4 is 39.5 Å². The normalized spacial score (nSPS) is 16.4. The van der Waals surface area contributed by atoms with Crippen molar-refractivity contribution in [1.29, 1.82) is 0 Å². The topological polar surface area (TPSA) is 51.2 Å². The quantitative estimate of drug-likeness (QED) is 0.487. The lowest BCUT2D eigenvalue weighted by Crippen LogP contribution is -2.33. The molecule has 0 atom stereocenters. The number of hydrogen-bond donors (Lipinski definition) is 0. The summed E-state index contributed by atoms with van der Waals surface area (Å²) < 4.78 is 0. The van der Waals surface area contributed by atoms with E-state index < -0.39 is 15.9 Å². The minimum Gasteiger partial charge on any atom is -0.289 e. The van der Waals surface area contributed by atoms with Crippen molar-refractivity contribution in [2.75, 3.05) is 0 Å². The molecule has 1 aromatic carbocycles. The van der Waals surface area contributed by atoms with E-state index in [9.17, 15) is 14.4 Å². The van der Waals surface area contributed by atoms with Gasteiger partial charge in [0.15, 0.2) is 5.78 Å². The molecule has 0 saturated carbocycles. The van der Waals surface area contributed by atoms with Crippen LogP contribution < -0.4 is 0 Å².